The van der Waals surface area contributed by atoms with Gasteiger partial charge in [0.15, 0.2) is 12.4 Å². The van der Waals surface area contributed by atoms with Crippen molar-refractivity contribution in [2.45, 2.75) is 6.42 Å². The second-order valence-corrected chi connectivity index (χ2v) is 2.85. The molecular formula is C9H10N2O4. The van der Waals surface area contributed by atoms with Gasteiger partial charge in [-0.3, -0.25) is 9.59 Å². The van der Waals surface area contributed by atoms with Gasteiger partial charge in [-0.05, 0) is 0 Å². The largest absolute Gasteiger partial charge is 0.619 e. The van der Waals surface area contributed by atoms with Crippen molar-refractivity contribution in [1.29, 1.82) is 0 Å². The molecule has 15 heavy (non-hydrogen) atoms. The van der Waals surface area contributed by atoms with Crippen molar-refractivity contribution in [2.24, 2.45) is 0 Å². The predicted molar refractivity (Wildman–Crippen MR) is 50.0 cm³/mol. The molecule has 0 aromatic carbocycles. The van der Waals surface area contributed by atoms with Gasteiger partial charge in [0.05, 0.1) is 12.0 Å². The third-order valence-corrected chi connectivity index (χ3v) is 1.69. The number of nitrogens with zero attached hydrogens (tertiary/aromatic N) is 1. The highest BCUT2D eigenvalue weighted by atomic mass is 16.5. The molecule has 1 heterocycles. The lowest BCUT2D eigenvalue weighted by molar-refractivity contribution is -0.605. The monoisotopic (exact) mass is 210 g/mol. The third-order valence-electron chi connectivity index (χ3n) is 1.69. The first-order valence-corrected chi connectivity index (χ1v) is 4.28. The van der Waals surface area contributed by atoms with Crippen molar-refractivity contribution in [1.82, 2.24) is 5.32 Å². The topological polar surface area (TPSA) is 93.3 Å². The zero-order valence-electron chi connectivity index (χ0n) is 7.84. The summed E-state index contributed by atoms with van der Waals surface area (Å²) in [5.74, 6) is -1.36. The Morgan fingerprint density at radius 1 is 1.40 bits per heavy atom. The van der Waals surface area contributed by atoms with Crippen LogP contribution in [0.25, 0.3) is 0 Å². The Hall–Kier alpha value is -2.11. The number of carbonyl (C=O) groups excluding carboxylic acids is 1. The number of carboxylic acids is 1. The van der Waals surface area contributed by atoms with Gasteiger partial charge in [0, 0.05) is 18.7 Å². The molecule has 2 N–H and O–H groups in total. The van der Waals surface area contributed by atoms with Gasteiger partial charge in [-0.1, -0.05) is 0 Å². The van der Waals surface area contributed by atoms with Crippen LogP contribution in [-0.4, -0.2) is 23.5 Å². The molecule has 1 amide bonds. The molecule has 0 spiro atoms. The average molecular weight is 210 g/mol. The molecule has 1 aromatic heterocycles. The summed E-state index contributed by atoms with van der Waals surface area (Å²) in [5, 5.41) is 21.4. The van der Waals surface area contributed by atoms with Gasteiger partial charge in [0.1, 0.15) is 0 Å². The zero-order valence-corrected chi connectivity index (χ0v) is 7.84. The lowest BCUT2D eigenvalue weighted by Crippen LogP contribution is -2.28. The molecule has 0 aliphatic heterocycles. The maximum atomic E-state index is 11.3. The van der Waals surface area contributed by atoms with E-state index in [9.17, 15) is 14.8 Å². The van der Waals surface area contributed by atoms with E-state index in [-0.39, 0.29) is 13.0 Å². The summed E-state index contributed by atoms with van der Waals surface area (Å²) in [6, 6.07) is 2.73. The number of nitrogens with one attached hydrogen (secondary N) is 1. The fourth-order valence-corrected chi connectivity index (χ4v) is 0.949. The molecule has 1 rings (SSSR count). The molecular weight excluding hydrogens is 200 g/mol. The van der Waals surface area contributed by atoms with Crippen molar-refractivity contribution in [3.05, 3.63) is 35.3 Å². The van der Waals surface area contributed by atoms with Gasteiger partial charge < -0.3 is 15.6 Å². The Morgan fingerprint density at radius 2 is 2.00 bits per heavy atom. The first-order chi connectivity index (χ1) is 7.09. The van der Waals surface area contributed by atoms with Crippen molar-refractivity contribution in [2.75, 3.05) is 6.54 Å². The van der Waals surface area contributed by atoms with E-state index in [2.05, 4.69) is 5.32 Å². The van der Waals surface area contributed by atoms with E-state index >= 15 is 0 Å². The lowest BCUT2D eigenvalue weighted by atomic mass is 10.2. The maximum absolute atomic E-state index is 11.3. The number of hydrogen-bond acceptors (Lipinski definition) is 3. The van der Waals surface area contributed by atoms with E-state index in [1.54, 1.807) is 0 Å². The number of carbonyl (C=O) groups is 2. The molecule has 0 fully saturated rings. The normalized spacial score (nSPS) is 9.60. The molecule has 0 atom stereocenters. The summed E-state index contributed by atoms with van der Waals surface area (Å²) in [4.78, 5) is 21.5. The second-order valence-electron chi connectivity index (χ2n) is 2.85. The summed E-state index contributed by atoms with van der Waals surface area (Å²) in [6.45, 7) is 0.0699. The molecule has 6 heteroatoms. The Labute approximate surface area is 85.7 Å². The van der Waals surface area contributed by atoms with Crippen molar-refractivity contribution < 1.29 is 19.4 Å². The number of aliphatic carboxylic acids is 1. The minimum atomic E-state index is -0.972. The van der Waals surface area contributed by atoms with Crippen molar-refractivity contribution in [3.63, 3.8) is 0 Å². The van der Waals surface area contributed by atoms with E-state index < -0.39 is 11.9 Å². The number of carboxylic acid groups (broad SMARTS) is 1. The highest BCUT2D eigenvalue weighted by Crippen LogP contribution is 1.94. The number of pyridine rings is 1. The highest BCUT2D eigenvalue weighted by molar-refractivity contribution is 5.94. The Kier molecular flexibility index (Phi) is 3.61. The molecule has 6 nitrogen and oxygen atoms in total. The van der Waals surface area contributed by atoms with E-state index in [1.807, 2.05) is 0 Å². The number of rotatable bonds is 4. The van der Waals surface area contributed by atoms with Gasteiger partial charge in [0.25, 0.3) is 5.91 Å². The summed E-state index contributed by atoms with van der Waals surface area (Å²) in [7, 11) is 0. The van der Waals surface area contributed by atoms with Crippen LogP contribution in [0.15, 0.2) is 24.5 Å². The standard InChI is InChI=1S/C9H10N2O4/c12-8(13)1-4-10-9(14)7-2-5-11(15)6-3-7/h2-3,5-6H,1,4H2,(H,10,14)(H,12,13). The van der Waals surface area contributed by atoms with E-state index in [1.165, 1.54) is 24.5 Å². The number of amides is 1. The number of aromatic nitrogens is 1. The van der Waals surface area contributed by atoms with Crippen LogP contribution in [0.4, 0.5) is 0 Å². The van der Waals surface area contributed by atoms with Crippen LogP contribution in [0.1, 0.15) is 16.8 Å². The molecule has 0 aliphatic rings. The maximum Gasteiger partial charge on any atom is 0.305 e. The lowest BCUT2D eigenvalue weighted by Gasteiger charge is -2.02. The van der Waals surface area contributed by atoms with E-state index in [0.29, 0.717) is 10.3 Å². The Balaban J connectivity index is 2.47. The zero-order chi connectivity index (χ0) is 11.3. The minimum Gasteiger partial charge on any atom is -0.619 e. The predicted octanol–water partition coefficient (Wildman–Crippen LogP) is -0.475. The van der Waals surface area contributed by atoms with Gasteiger partial charge in [-0.15, -0.1) is 0 Å². The molecule has 0 radical (unpaired) electrons. The molecule has 0 saturated heterocycles. The van der Waals surface area contributed by atoms with Crippen LogP contribution < -0.4 is 10.0 Å². The van der Waals surface area contributed by atoms with Crippen LogP contribution in [0.5, 0.6) is 0 Å². The van der Waals surface area contributed by atoms with Crippen LogP contribution in [0.3, 0.4) is 0 Å². The molecule has 0 bridgehead atoms. The second kappa shape index (κ2) is 4.94. The van der Waals surface area contributed by atoms with Crippen molar-refractivity contribution >= 4 is 11.9 Å². The van der Waals surface area contributed by atoms with Gasteiger partial charge in [0.2, 0.25) is 0 Å². The van der Waals surface area contributed by atoms with Crippen LogP contribution in [-0.2, 0) is 4.79 Å². The molecule has 0 unspecified atom stereocenters. The molecule has 0 aliphatic carbocycles. The van der Waals surface area contributed by atoms with Crippen LogP contribution >= 0.6 is 0 Å². The summed E-state index contributed by atoms with van der Waals surface area (Å²) < 4.78 is 0.564. The van der Waals surface area contributed by atoms with Crippen LogP contribution in [0.2, 0.25) is 0 Å². The van der Waals surface area contributed by atoms with E-state index in [0.717, 1.165) is 0 Å². The molecule has 0 saturated carbocycles. The Bertz CT molecular complexity index is 361. The summed E-state index contributed by atoms with van der Waals surface area (Å²) >= 11 is 0. The third kappa shape index (κ3) is 3.63. The number of hydrogen-bond donors (Lipinski definition) is 2. The first-order valence-electron chi connectivity index (χ1n) is 4.28. The minimum absolute atomic E-state index is 0.0699. The Morgan fingerprint density at radius 3 is 2.53 bits per heavy atom. The molecule has 80 valence electrons. The average Bonchev–Trinajstić information content (AvgIpc) is 2.18. The first kappa shape index (κ1) is 11.0. The van der Waals surface area contributed by atoms with Crippen LogP contribution in [0, 0.1) is 5.21 Å². The SMILES string of the molecule is O=C(O)CCNC(=O)c1cc[n+]([O-])cc1. The van der Waals surface area contributed by atoms with Crippen molar-refractivity contribution in [3.8, 4) is 0 Å². The van der Waals surface area contributed by atoms with Gasteiger partial charge in [-0.25, -0.2) is 0 Å². The smallest absolute Gasteiger partial charge is 0.305 e. The van der Waals surface area contributed by atoms with Gasteiger partial charge >= 0.3 is 5.97 Å². The molecule has 1 aromatic rings. The fraction of sp³-hybridized carbons (Fsp3) is 0.222. The highest BCUT2D eigenvalue weighted by Gasteiger charge is 2.06. The summed E-state index contributed by atoms with van der Waals surface area (Å²) in [6.07, 6.45) is 2.28. The van der Waals surface area contributed by atoms with E-state index in [4.69, 9.17) is 5.11 Å². The fourth-order valence-electron chi connectivity index (χ4n) is 0.949. The summed E-state index contributed by atoms with van der Waals surface area (Å²) in [5.41, 5.74) is 0.326. The van der Waals surface area contributed by atoms with Gasteiger partial charge in [-0.2, -0.15) is 4.73 Å². The quantitative estimate of drug-likeness (QED) is 0.518.